The van der Waals surface area contributed by atoms with E-state index in [4.69, 9.17) is 4.74 Å². The van der Waals surface area contributed by atoms with Gasteiger partial charge < -0.3 is 25.2 Å². The SMILES string of the molecule is C/C1=C/C[C@H](O)/C(C)=C/[C@@H]2C=C(CO)[C@H](C)C[C@]23OC(=O)/C(=C(\O)[C@@]2(C)[C@H]4[C@H](C=C[C@@H]12)[C@@H](O)[C@@H](C)C[C@@H]4C)C3=O. The summed E-state index contributed by atoms with van der Waals surface area (Å²) in [6, 6.07) is 0. The van der Waals surface area contributed by atoms with E-state index in [0.29, 0.717) is 12.0 Å². The summed E-state index contributed by atoms with van der Waals surface area (Å²) in [6.45, 7) is 11.5. The minimum absolute atomic E-state index is 0.0739. The average molecular weight is 553 g/mol. The van der Waals surface area contributed by atoms with E-state index in [2.05, 4.69) is 6.92 Å². The number of Topliss-reactive ketones (excluding diaryl/α,β-unsaturated/α-hetero) is 1. The zero-order valence-electron chi connectivity index (χ0n) is 24.4. The number of carbonyl (C=O) groups excluding carboxylic acids is 2. The highest BCUT2D eigenvalue weighted by molar-refractivity contribution is 6.26. The lowest BCUT2D eigenvalue weighted by Crippen LogP contribution is -2.54. The topological polar surface area (TPSA) is 124 Å². The monoisotopic (exact) mass is 552 g/mol. The highest BCUT2D eigenvalue weighted by Crippen LogP contribution is 2.60. The molecule has 5 rings (SSSR count). The van der Waals surface area contributed by atoms with Gasteiger partial charge in [0.05, 0.1) is 18.8 Å². The van der Waals surface area contributed by atoms with Crippen molar-refractivity contribution in [3.63, 3.8) is 0 Å². The Morgan fingerprint density at radius 1 is 1.02 bits per heavy atom. The van der Waals surface area contributed by atoms with Crippen molar-refractivity contribution in [1.82, 2.24) is 0 Å². The number of hydrogen-bond donors (Lipinski definition) is 4. The molecule has 1 saturated heterocycles. The number of esters is 1. The number of aliphatic hydroxyl groups excluding tert-OH is 4. The lowest BCUT2D eigenvalue weighted by Gasteiger charge is -2.55. The van der Waals surface area contributed by atoms with Gasteiger partial charge >= 0.3 is 5.97 Å². The van der Waals surface area contributed by atoms with E-state index in [0.717, 1.165) is 17.6 Å². The van der Waals surface area contributed by atoms with Gasteiger partial charge in [-0.05, 0) is 61.5 Å². The summed E-state index contributed by atoms with van der Waals surface area (Å²) in [7, 11) is 0. The van der Waals surface area contributed by atoms with Gasteiger partial charge in [-0.2, -0.15) is 0 Å². The second kappa shape index (κ2) is 10.1. The smallest absolute Gasteiger partial charge is 0.346 e. The number of hydrogen-bond acceptors (Lipinski definition) is 7. The van der Waals surface area contributed by atoms with Gasteiger partial charge in [0.2, 0.25) is 5.78 Å². The number of fused-ring (bicyclic) bond motifs is 4. The van der Waals surface area contributed by atoms with Crippen molar-refractivity contribution in [1.29, 1.82) is 0 Å². The van der Waals surface area contributed by atoms with E-state index in [9.17, 15) is 30.0 Å². The summed E-state index contributed by atoms with van der Waals surface area (Å²) in [5.74, 6) is -3.26. The molecule has 0 radical (unpaired) electrons. The molecular formula is C33H44O7. The highest BCUT2D eigenvalue weighted by Gasteiger charge is 2.63. The quantitative estimate of drug-likeness (QED) is 0.217. The summed E-state index contributed by atoms with van der Waals surface area (Å²) in [6.07, 6.45) is 9.38. The van der Waals surface area contributed by atoms with Gasteiger partial charge in [-0.1, -0.05) is 63.6 Å². The number of carbonyl (C=O) groups is 2. The molecular weight excluding hydrogens is 508 g/mol. The number of rotatable bonds is 1. The molecule has 7 nitrogen and oxygen atoms in total. The molecule has 40 heavy (non-hydrogen) atoms. The lowest BCUT2D eigenvalue weighted by molar-refractivity contribution is -0.156. The standard InChI is InChI=1S/C33H44O7/c1-16-7-10-25(35)17(2)12-22-13-21(15-34)20(5)14-33(22)30(38)26(31(39)40-33)29(37)32(6)24(16)9-8-23-27(32)18(3)11-19(4)28(23)36/h7-9,12-13,18-20,22-25,27-28,34-37H,10-11,14-15H2,1-6H3/b16-7-,17-12+,29-26-/t18-,19-,20+,22+,23-,24-,25-,27+,28-,32+,33-/m0/s1. The third-order valence-electron chi connectivity index (χ3n) is 10.9. The van der Waals surface area contributed by atoms with Gasteiger partial charge in [-0.25, -0.2) is 4.79 Å². The first kappa shape index (κ1) is 29.0. The first-order chi connectivity index (χ1) is 18.8. The van der Waals surface area contributed by atoms with Crippen molar-refractivity contribution in [3.05, 3.63) is 58.4 Å². The van der Waals surface area contributed by atoms with E-state index < -0.39 is 40.9 Å². The molecule has 2 bridgehead atoms. The van der Waals surface area contributed by atoms with Crippen LogP contribution in [0.1, 0.15) is 60.8 Å². The van der Waals surface area contributed by atoms with Crippen molar-refractivity contribution in [2.45, 2.75) is 78.6 Å². The van der Waals surface area contributed by atoms with Crippen molar-refractivity contribution in [2.24, 2.45) is 46.8 Å². The molecule has 5 aliphatic rings. The Morgan fingerprint density at radius 2 is 1.73 bits per heavy atom. The van der Waals surface area contributed by atoms with Gasteiger partial charge in [0.1, 0.15) is 11.3 Å². The maximum absolute atomic E-state index is 14.4. The van der Waals surface area contributed by atoms with Crippen LogP contribution >= 0.6 is 0 Å². The first-order valence-electron chi connectivity index (χ1n) is 14.7. The minimum atomic E-state index is -1.57. The predicted octanol–water partition coefficient (Wildman–Crippen LogP) is 4.36. The Kier molecular flexibility index (Phi) is 7.33. The van der Waals surface area contributed by atoms with Crippen LogP contribution in [0.15, 0.2) is 58.4 Å². The van der Waals surface area contributed by atoms with Crippen LogP contribution < -0.4 is 0 Å². The molecule has 0 amide bonds. The Morgan fingerprint density at radius 3 is 2.40 bits per heavy atom. The van der Waals surface area contributed by atoms with Gasteiger partial charge in [0, 0.05) is 29.6 Å². The predicted molar refractivity (Wildman–Crippen MR) is 151 cm³/mol. The molecule has 1 aliphatic heterocycles. The van der Waals surface area contributed by atoms with E-state index >= 15 is 0 Å². The van der Waals surface area contributed by atoms with Crippen LogP contribution in [-0.4, -0.2) is 56.6 Å². The molecule has 2 fully saturated rings. The zero-order chi connectivity index (χ0) is 29.3. The molecule has 1 saturated carbocycles. The molecule has 4 aliphatic carbocycles. The lowest BCUT2D eigenvalue weighted by atomic mass is 9.49. The van der Waals surface area contributed by atoms with Crippen molar-refractivity contribution >= 4 is 11.8 Å². The Balaban J connectivity index is 1.78. The Hall–Kier alpha value is -2.48. The van der Waals surface area contributed by atoms with Crippen molar-refractivity contribution in [2.75, 3.05) is 6.61 Å². The minimum Gasteiger partial charge on any atom is -0.511 e. The fraction of sp³-hybridized carbons (Fsp3) is 0.636. The van der Waals surface area contributed by atoms with Crippen LogP contribution in [-0.2, 0) is 14.3 Å². The average Bonchev–Trinajstić information content (AvgIpc) is 3.14. The number of ketones is 1. The van der Waals surface area contributed by atoms with Crippen LogP contribution in [0.5, 0.6) is 0 Å². The Labute approximate surface area is 237 Å². The van der Waals surface area contributed by atoms with Crippen LogP contribution in [0.3, 0.4) is 0 Å². The fourth-order valence-corrected chi connectivity index (χ4v) is 8.69. The second-order valence-corrected chi connectivity index (χ2v) is 13.4. The zero-order valence-corrected chi connectivity index (χ0v) is 24.4. The van der Waals surface area contributed by atoms with Gasteiger partial charge in [-0.3, -0.25) is 4.79 Å². The van der Waals surface area contributed by atoms with Crippen LogP contribution in [0.25, 0.3) is 0 Å². The van der Waals surface area contributed by atoms with Gasteiger partial charge in [0.15, 0.2) is 5.60 Å². The van der Waals surface area contributed by atoms with E-state index in [1.165, 1.54) is 0 Å². The highest BCUT2D eigenvalue weighted by atomic mass is 16.6. The molecule has 218 valence electrons. The van der Waals surface area contributed by atoms with E-state index in [1.54, 1.807) is 19.1 Å². The van der Waals surface area contributed by atoms with Crippen molar-refractivity contribution < 1.29 is 34.8 Å². The molecule has 7 heteroatoms. The molecule has 1 spiro atoms. The number of ether oxygens (including phenoxy) is 1. The molecule has 0 aromatic carbocycles. The third kappa shape index (κ3) is 4.11. The summed E-state index contributed by atoms with van der Waals surface area (Å²) in [5, 5.41) is 44.6. The van der Waals surface area contributed by atoms with Gasteiger partial charge in [0.25, 0.3) is 0 Å². The molecule has 4 N–H and O–H groups in total. The second-order valence-electron chi connectivity index (χ2n) is 13.4. The Bertz CT molecular complexity index is 1250. The summed E-state index contributed by atoms with van der Waals surface area (Å²) in [4.78, 5) is 28.1. The molecule has 0 aromatic rings. The molecule has 1 heterocycles. The molecule has 0 aromatic heterocycles. The summed E-state index contributed by atoms with van der Waals surface area (Å²) >= 11 is 0. The normalized spacial score (nSPS) is 49.9. The van der Waals surface area contributed by atoms with Crippen LogP contribution in [0, 0.1) is 46.8 Å². The molecule has 11 atom stereocenters. The van der Waals surface area contributed by atoms with Crippen LogP contribution in [0.4, 0.5) is 0 Å². The maximum Gasteiger partial charge on any atom is 0.346 e. The largest absolute Gasteiger partial charge is 0.511 e. The van der Waals surface area contributed by atoms with E-state index in [-0.39, 0.29) is 59.9 Å². The number of allylic oxidation sites excluding steroid dienone is 3. The molecule has 0 unspecified atom stereocenters. The summed E-state index contributed by atoms with van der Waals surface area (Å²) in [5.41, 5.74) is -0.652. The van der Waals surface area contributed by atoms with E-state index in [1.807, 2.05) is 45.9 Å². The first-order valence-corrected chi connectivity index (χ1v) is 14.7. The fourth-order valence-electron chi connectivity index (χ4n) is 8.69. The van der Waals surface area contributed by atoms with Gasteiger partial charge in [-0.15, -0.1) is 0 Å². The summed E-state index contributed by atoms with van der Waals surface area (Å²) < 4.78 is 6.00. The number of aliphatic hydroxyl groups is 4. The van der Waals surface area contributed by atoms with Crippen LogP contribution in [0.2, 0.25) is 0 Å². The third-order valence-corrected chi connectivity index (χ3v) is 10.9. The van der Waals surface area contributed by atoms with Crippen molar-refractivity contribution in [3.8, 4) is 0 Å². The maximum atomic E-state index is 14.4.